The minimum Gasteiger partial charge on any atom is -0.207 e. The molecule has 132 valence electrons. The maximum atomic E-state index is 13.2. The SMILES string of the molecule is Cc1ccc(S(=O)(=O)N2CC(c3ccccc3)=C[C@@](C)(CI)C2)cc1. The molecule has 0 fully saturated rings. The van der Waals surface area contributed by atoms with Gasteiger partial charge in [0.2, 0.25) is 10.0 Å². The van der Waals surface area contributed by atoms with Gasteiger partial charge in [0.15, 0.2) is 0 Å². The van der Waals surface area contributed by atoms with Crippen molar-refractivity contribution in [2.45, 2.75) is 18.7 Å². The fourth-order valence-corrected chi connectivity index (χ4v) is 5.11. The van der Waals surface area contributed by atoms with Gasteiger partial charge in [-0.25, -0.2) is 8.42 Å². The van der Waals surface area contributed by atoms with Gasteiger partial charge in [-0.2, -0.15) is 4.31 Å². The lowest BCUT2D eigenvalue weighted by Crippen LogP contribution is -2.44. The van der Waals surface area contributed by atoms with E-state index in [1.165, 1.54) is 0 Å². The van der Waals surface area contributed by atoms with Crippen molar-refractivity contribution >= 4 is 38.2 Å². The van der Waals surface area contributed by atoms with Gasteiger partial charge in [-0.1, -0.05) is 83.6 Å². The van der Waals surface area contributed by atoms with E-state index in [1.807, 2.05) is 49.4 Å². The number of sulfonamides is 1. The second-order valence-corrected chi connectivity index (χ2v) is 9.61. The average Bonchev–Trinajstić information content (AvgIpc) is 2.62. The summed E-state index contributed by atoms with van der Waals surface area (Å²) in [4.78, 5) is 0.364. The molecule has 0 unspecified atom stereocenters. The third-order valence-corrected chi connectivity index (χ3v) is 8.06. The number of halogens is 1. The zero-order valence-corrected chi connectivity index (χ0v) is 17.4. The van der Waals surface area contributed by atoms with E-state index in [2.05, 4.69) is 35.6 Å². The van der Waals surface area contributed by atoms with E-state index in [-0.39, 0.29) is 5.41 Å². The molecule has 25 heavy (non-hydrogen) atoms. The molecule has 5 heteroatoms. The molecule has 0 aromatic heterocycles. The number of rotatable bonds is 4. The first kappa shape index (κ1) is 18.6. The summed E-state index contributed by atoms with van der Waals surface area (Å²) in [5.41, 5.74) is 3.03. The predicted molar refractivity (Wildman–Crippen MR) is 111 cm³/mol. The molecule has 1 aliphatic heterocycles. The van der Waals surface area contributed by atoms with Crippen molar-refractivity contribution in [2.75, 3.05) is 17.5 Å². The minimum atomic E-state index is -3.51. The van der Waals surface area contributed by atoms with Gasteiger partial charge in [-0.3, -0.25) is 0 Å². The summed E-state index contributed by atoms with van der Waals surface area (Å²) in [5.74, 6) is 0. The number of alkyl halides is 1. The summed E-state index contributed by atoms with van der Waals surface area (Å²) < 4.78 is 28.8. The van der Waals surface area contributed by atoms with E-state index in [0.29, 0.717) is 18.0 Å². The lowest BCUT2D eigenvalue weighted by Gasteiger charge is -2.37. The smallest absolute Gasteiger partial charge is 0.207 e. The van der Waals surface area contributed by atoms with Crippen molar-refractivity contribution in [3.63, 3.8) is 0 Å². The van der Waals surface area contributed by atoms with Crippen LogP contribution < -0.4 is 0 Å². The highest BCUT2D eigenvalue weighted by Gasteiger charge is 2.36. The Morgan fingerprint density at radius 2 is 1.72 bits per heavy atom. The lowest BCUT2D eigenvalue weighted by molar-refractivity contribution is 0.325. The Morgan fingerprint density at radius 1 is 1.08 bits per heavy atom. The van der Waals surface area contributed by atoms with E-state index in [1.54, 1.807) is 16.4 Å². The molecular formula is C20H22INO2S. The zero-order valence-electron chi connectivity index (χ0n) is 14.4. The van der Waals surface area contributed by atoms with Crippen LogP contribution in [0, 0.1) is 12.3 Å². The zero-order chi connectivity index (χ0) is 18.1. The number of hydrogen-bond donors (Lipinski definition) is 0. The summed E-state index contributed by atoms with van der Waals surface area (Å²) in [6.45, 7) is 4.99. The Labute approximate surface area is 163 Å². The molecule has 1 heterocycles. The summed E-state index contributed by atoms with van der Waals surface area (Å²) in [7, 11) is -3.51. The first-order valence-corrected chi connectivity index (χ1v) is 11.2. The van der Waals surface area contributed by atoms with E-state index in [0.717, 1.165) is 21.1 Å². The Balaban J connectivity index is 2.00. The van der Waals surface area contributed by atoms with E-state index >= 15 is 0 Å². The van der Waals surface area contributed by atoms with Gasteiger partial charge in [0.25, 0.3) is 0 Å². The Hall–Kier alpha value is -1.18. The molecule has 3 nitrogen and oxygen atoms in total. The number of benzene rings is 2. The van der Waals surface area contributed by atoms with Crippen LogP contribution in [-0.2, 0) is 10.0 Å². The highest BCUT2D eigenvalue weighted by Crippen LogP contribution is 2.35. The van der Waals surface area contributed by atoms with Crippen molar-refractivity contribution in [1.82, 2.24) is 4.31 Å². The van der Waals surface area contributed by atoms with Crippen LogP contribution in [0.3, 0.4) is 0 Å². The van der Waals surface area contributed by atoms with E-state index in [4.69, 9.17) is 0 Å². The Bertz CT molecular complexity index is 876. The summed E-state index contributed by atoms with van der Waals surface area (Å²) in [5, 5.41) is 0. The van der Waals surface area contributed by atoms with Crippen LogP contribution in [0.4, 0.5) is 0 Å². The predicted octanol–water partition coefficient (Wildman–Crippen LogP) is 4.52. The van der Waals surface area contributed by atoms with Crippen LogP contribution in [0.15, 0.2) is 65.6 Å². The molecule has 0 spiro atoms. The summed E-state index contributed by atoms with van der Waals surface area (Å²) in [6, 6.07) is 17.1. The quantitative estimate of drug-likeness (QED) is 0.490. The summed E-state index contributed by atoms with van der Waals surface area (Å²) in [6.07, 6.45) is 2.25. The Morgan fingerprint density at radius 3 is 2.32 bits per heavy atom. The van der Waals surface area contributed by atoms with Crippen LogP contribution in [0.1, 0.15) is 18.1 Å². The van der Waals surface area contributed by atoms with E-state index in [9.17, 15) is 8.42 Å². The van der Waals surface area contributed by atoms with Gasteiger partial charge >= 0.3 is 0 Å². The normalized spacial score (nSPS) is 21.8. The fraction of sp³-hybridized carbons (Fsp3) is 0.300. The van der Waals surface area contributed by atoms with Crippen molar-refractivity contribution in [2.24, 2.45) is 5.41 Å². The van der Waals surface area contributed by atoms with Gasteiger partial charge in [0.05, 0.1) is 4.90 Å². The molecule has 0 radical (unpaired) electrons. The highest BCUT2D eigenvalue weighted by molar-refractivity contribution is 14.1. The molecule has 1 aliphatic rings. The second kappa shape index (κ2) is 7.21. The van der Waals surface area contributed by atoms with Crippen LogP contribution in [-0.4, -0.2) is 30.2 Å². The number of aryl methyl sites for hydroxylation is 1. The first-order valence-electron chi connectivity index (χ1n) is 8.24. The van der Waals surface area contributed by atoms with Gasteiger partial charge < -0.3 is 0 Å². The second-order valence-electron chi connectivity index (χ2n) is 6.91. The fourth-order valence-electron chi connectivity index (χ4n) is 3.10. The van der Waals surface area contributed by atoms with E-state index < -0.39 is 10.0 Å². The molecule has 0 amide bonds. The standard InChI is InChI=1S/C20H22INO2S/c1-16-8-10-19(11-9-16)25(23,24)22-13-18(12-20(2,14-21)15-22)17-6-4-3-5-7-17/h3-12H,13-15H2,1-2H3/t20-/m0/s1. The van der Waals surface area contributed by atoms with Crippen LogP contribution in [0.5, 0.6) is 0 Å². The maximum Gasteiger partial charge on any atom is 0.243 e. The molecule has 2 aromatic rings. The van der Waals surface area contributed by atoms with Crippen LogP contribution >= 0.6 is 22.6 Å². The van der Waals surface area contributed by atoms with Crippen molar-refractivity contribution < 1.29 is 8.42 Å². The monoisotopic (exact) mass is 467 g/mol. The summed E-state index contributed by atoms with van der Waals surface area (Å²) >= 11 is 2.34. The lowest BCUT2D eigenvalue weighted by atomic mass is 9.86. The molecule has 0 saturated carbocycles. The molecule has 3 rings (SSSR count). The van der Waals surface area contributed by atoms with Crippen molar-refractivity contribution in [3.8, 4) is 0 Å². The molecular weight excluding hydrogens is 445 g/mol. The molecule has 2 aromatic carbocycles. The van der Waals surface area contributed by atoms with Gasteiger partial charge in [-0.15, -0.1) is 0 Å². The Kier molecular flexibility index (Phi) is 5.37. The molecule has 0 bridgehead atoms. The first-order chi connectivity index (χ1) is 11.8. The largest absolute Gasteiger partial charge is 0.243 e. The molecule has 0 saturated heterocycles. The molecule has 0 aliphatic carbocycles. The highest BCUT2D eigenvalue weighted by atomic mass is 127. The molecule has 0 N–H and O–H groups in total. The third-order valence-electron chi connectivity index (χ3n) is 4.52. The van der Waals surface area contributed by atoms with Crippen molar-refractivity contribution in [1.29, 1.82) is 0 Å². The van der Waals surface area contributed by atoms with Gasteiger partial charge in [-0.05, 0) is 30.2 Å². The molecule has 1 atom stereocenters. The van der Waals surface area contributed by atoms with Crippen molar-refractivity contribution in [3.05, 3.63) is 71.8 Å². The van der Waals surface area contributed by atoms with Crippen LogP contribution in [0.2, 0.25) is 0 Å². The third kappa shape index (κ3) is 3.99. The maximum absolute atomic E-state index is 13.2. The van der Waals surface area contributed by atoms with Gasteiger partial charge in [0, 0.05) is 22.9 Å². The topological polar surface area (TPSA) is 37.4 Å². The number of hydrogen-bond acceptors (Lipinski definition) is 2. The minimum absolute atomic E-state index is 0.179. The average molecular weight is 467 g/mol. The van der Waals surface area contributed by atoms with Crippen LogP contribution in [0.25, 0.3) is 5.57 Å². The van der Waals surface area contributed by atoms with Gasteiger partial charge in [0.1, 0.15) is 0 Å². The number of nitrogens with zero attached hydrogens (tertiary/aromatic N) is 1.